The third kappa shape index (κ3) is 7.85. The van der Waals surface area contributed by atoms with Gasteiger partial charge >= 0.3 is 0 Å². The van der Waals surface area contributed by atoms with Crippen LogP contribution in [0.2, 0.25) is 10.0 Å². The van der Waals surface area contributed by atoms with Gasteiger partial charge in [0.05, 0.1) is 13.2 Å². The van der Waals surface area contributed by atoms with Gasteiger partial charge in [-0.2, -0.15) is 0 Å². The Hall–Kier alpha value is -2.80. The summed E-state index contributed by atoms with van der Waals surface area (Å²) in [4.78, 5) is 30.1. The topological polar surface area (TPSA) is 54.8 Å². The molecule has 0 bridgehead atoms. The number of ether oxygens (including phenoxy) is 1. The molecule has 1 aromatic heterocycles. The van der Waals surface area contributed by atoms with Crippen LogP contribution in [0.3, 0.4) is 0 Å². The normalized spacial score (nSPS) is 11.1. The molecule has 6 nitrogen and oxygen atoms in total. The molecule has 2 amide bonds. The number of amides is 2. The summed E-state index contributed by atoms with van der Waals surface area (Å²) in [5, 5.41) is 1.26. The third-order valence-electron chi connectivity index (χ3n) is 5.78. The zero-order valence-electron chi connectivity index (χ0n) is 21.0. The van der Waals surface area contributed by atoms with Crippen molar-refractivity contribution < 1.29 is 14.3 Å². The van der Waals surface area contributed by atoms with Crippen LogP contribution in [0.15, 0.2) is 66.9 Å². The van der Waals surface area contributed by atoms with Crippen LogP contribution in [-0.2, 0) is 22.6 Å². The van der Waals surface area contributed by atoms with Crippen molar-refractivity contribution in [3.05, 3.63) is 93.7 Å². The van der Waals surface area contributed by atoms with E-state index in [0.717, 1.165) is 11.3 Å². The van der Waals surface area contributed by atoms with Gasteiger partial charge in [0.25, 0.3) is 5.91 Å². The Balaban J connectivity index is 1.78. The first-order valence-corrected chi connectivity index (χ1v) is 12.7. The van der Waals surface area contributed by atoms with Crippen LogP contribution < -0.4 is 0 Å². The Kier molecular flexibility index (Phi) is 10.4. The van der Waals surface area contributed by atoms with E-state index in [1.54, 1.807) is 31.4 Å². The number of aromatic nitrogens is 1. The van der Waals surface area contributed by atoms with Crippen LogP contribution in [0, 0.1) is 5.92 Å². The Labute approximate surface area is 223 Å². The second-order valence-corrected chi connectivity index (χ2v) is 9.96. The Morgan fingerprint density at radius 1 is 0.972 bits per heavy atom. The van der Waals surface area contributed by atoms with E-state index in [9.17, 15) is 9.59 Å². The summed E-state index contributed by atoms with van der Waals surface area (Å²) in [6.07, 6.45) is 1.99. The minimum atomic E-state index is -0.233. The first kappa shape index (κ1) is 27.8. The summed E-state index contributed by atoms with van der Waals surface area (Å²) in [6.45, 7) is 6.36. The smallest absolute Gasteiger partial charge is 0.254 e. The molecule has 0 aliphatic rings. The van der Waals surface area contributed by atoms with Gasteiger partial charge in [-0.1, -0.05) is 55.2 Å². The average Bonchev–Trinajstić information content (AvgIpc) is 3.29. The molecule has 0 saturated heterocycles. The number of carbonyl (C=O) groups excluding carboxylic acids is 2. The van der Waals surface area contributed by atoms with Gasteiger partial charge in [0, 0.05) is 54.2 Å². The molecule has 8 heteroatoms. The van der Waals surface area contributed by atoms with E-state index in [4.69, 9.17) is 27.9 Å². The summed E-state index contributed by atoms with van der Waals surface area (Å²) >= 11 is 12.4. The highest BCUT2D eigenvalue weighted by Gasteiger charge is 2.24. The molecule has 0 N–H and O–H groups in total. The van der Waals surface area contributed by atoms with Gasteiger partial charge in [-0.15, -0.1) is 0 Å². The molecule has 2 aromatic carbocycles. The van der Waals surface area contributed by atoms with Crippen LogP contribution in [-0.4, -0.2) is 59.5 Å². The molecule has 0 aliphatic heterocycles. The van der Waals surface area contributed by atoms with E-state index in [0.29, 0.717) is 48.4 Å². The van der Waals surface area contributed by atoms with Gasteiger partial charge in [0.1, 0.15) is 6.54 Å². The molecule has 1 heterocycles. The van der Waals surface area contributed by atoms with Crippen molar-refractivity contribution in [2.45, 2.75) is 26.9 Å². The summed E-state index contributed by atoms with van der Waals surface area (Å²) in [6, 6.07) is 18.4. The van der Waals surface area contributed by atoms with Crippen molar-refractivity contribution >= 4 is 35.0 Å². The lowest BCUT2D eigenvalue weighted by atomic mass is 10.1. The number of benzene rings is 2. The maximum Gasteiger partial charge on any atom is 0.254 e. The lowest BCUT2D eigenvalue weighted by molar-refractivity contribution is -0.133. The second kappa shape index (κ2) is 13.5. The predicted molar refractivity (Wildman–Crippen MR) is 144 cm³/mol. The van der Waals surface area contributed by atoms with E-state index < -0.39 is 0 Å². The molecule has 0 fully saturated rings. The third-order valence-corrected chi connectivity index (χ3v) is 6.40. The summed E-state index contributed by atoms with van der Waals surface area (Å²) in [5.74, 6) is -0.0865. The average molecular weight is 530 g/mol. The molecule has 3 rings (SSSR count). The molecular formula is C28H33Cl2N3O3. The number of carbonyl (C=O) groups is 2. The van der Waals surface area contributed by atoms with Crippen molar-refractivity contribution in [1.82, 2.24) is 14.4 Å². The number of methoxy groups -OCH3 is 1. The van der Waals surface area contributed by atoms with Crippen LogP contribution in [0.4, 0.5) is 0 Å². The zero-order valence-corrected chi connectivity index (χ0v) is 22.5. The highest BCUT2D eigenvalue weighted by atomic mass is 35.5. The summed E-state index contributed by atoms with van der Waals surface area (Å²) in [5.41, 5.74) is 2.49. The molecule has 0 spiro atoms. The van der Waals surface area contributed by atoms with Crippen LogP contribution in [0.25, 0.3) is 0 Å². The fraction of sp³-hybridized carbons (Fsp3) is 0.357. The lowest BCUT2D eigenvalue weighted by Crippen LogP contribution is -2.45. The van der Waals surface area contributed by atoms with Gasteiger partial charge in [-0.3, -0.25) is 9.59 Å². The minimum absolute atomic E-state index is 0.0389. The fourth-order valence-electron chi connectivity index (χ4n) is 3.94. The van der Waals surface area contributed by atoms with Crippen molar-refractivity contribution in [2.24, 2.45) is 5.92 Å². The molecule has 0 saturated carbocycles. The van der Waals surface area contributed by atoms with E-state index in [1.165, 1.54) is 4.90 Å². The first-order chi connectivity index (χ1) is 17.3. The highest BCUT2D eigenvalue weighted by Crippen LogP contribution is 2.19. The number of nitrogens with zero attached hydrogens (tertiary/aromatic N) is 3. The molecule has 0 aliphatic carbocycles. The van der Waals surface area contributed by atoms with Gasteiger partial charge in [0.15, 0.2) is 0 Å². The first-order valence-electron chi connectivity index (χ1n) is 12.0. The summed E-state index contributed by atoms with van der Waals surface area (Å²) < 4.78 is 7.30. The summed E-state index contributed by atoms with van der Waals surface area (Å²) in [7, 11) is 1.57. The van der Waals surface area contributed by atoms with Crippen molar-refractivity contribution in [2.75, 3.05) is 33.4 Å². The zero-order chi connectivity index (χ0) is 26.1. The maximum absolute atomic E-state index is 13.5. The fourth-order valence-corrected chi connectivity index (χ4v) is 4.26. The van der Waals surface area contributed by atoms with E-state index in [1.807, 2.05) is 47.5 Å². The highest BCUT2D eigenvalue weighted by molar-refractivity contribution is 6.31. The lowest BCUT2D eigenvalue weighted by Gasteiger charge is -2.29. The SMILES string of the molecule is COCCN(CC(=O)N(Cc1cccn1Cc1ccccc1Cl)CC(C)C)C(=O)c1ccc(Cl)cc1. The van der Waals surface area contributed by atoms with Gasteiger partial charge < -0.3 is 19.1 Å². The van der Waals surface area contributed by atoms with E-state index in [-0.39, 0.29) is 24.3 Å². The monoisotopic (exact) mass is 529 g/mol. The largest absolute Gasteiger partial charge is 0.383 e. The Morgan fingerprint density at radius 2 is 1.69 bits per heavy atom. The van der Waals surface area contributed by atoms with Gasteiger partial charge in [-0.25, -0.2) is 0 Å². The molecule has 192 valence electrons. The number of hydrogen-bond donors (Lipinski definition) is 0. The van der Waals surface area contributed by atoms with Crippen LogP contribution in [0.5, 0.6) is 0 Å². The standard InChI is InChI=1S/C28H33Cl2N3O3/c1-21(2)17-33(19-25-8-6-14-31(25)18-23-7-4-5-9-26(23)30)27(34)20-32(15-16-36-3)28(35)22-10-12-24(29)13-11-22/h4-14,21H,15-20H2,1-3H3. The Morgan fingerprint density at radius 3 is 2.36 bits per heavy atom. The molecule has 36 heavy (non-hydrogen) atoms. The molecule has 0 radical (unpaired) electrons. The van der Waals surface area contributed by atoms with Gasteiger partial charge in [-0.05, 0) is 53.9 Å². The van der Waals surface area contributed by atoms with Crippen LogP contribution >= 0.6 is 23.2 Å². The van der Waals surface area contributed by atoms with Crippen molar-refractivity contribution in [3.8, 4) is 0 Å². The molecule has 0 unspecified atom stereocenters. The quantitative estimate of drug-likeness (QED) is 0.306. The molecule has 3 aromatic rings. The van der Waals surface area contributed by atoms with Crippen molar-refractivity contribution in [3.63, 3.8) is 0 Å². The predicted octanol–water partition coefficient (Wildman–Crippen LogP) is 5.62. The second-order valence-electron chi connectivity index (χ2n) is 9.11. The van der Waals surface area contributed by atoms with Crippen molar-refractivity contribution in [1.29, 1.82) is 0 Å². The maximum atomic E-state index is 13.5. The molecular weight excluding hydrogens is 497 g/mol. The van der Waals surface area contributed by atoms with E-state index in [2.05, 4.69) is 18.4 Å². The number of rotatable bonds is 12. The minimum Gasteiger partial charge on any atom is -0.383 e. The van der Waals surface area contributed by atoms with Crippen LogP contribution in [0.1, 0.15) is 35.5 Å². The molecule has 0 atom stereocenters. The Bertz CT molecular complexity index is 1140. The van der Waals surface area contributed by atoms with E-state index >= 15 is 0 Å². The van der Waals surface area contributed by atoms with Gasteiger partial charge in [0.2, 0.25) is 5.91 Å². The number of hydrogen-bond acceptors (Lipinski definition) is 3. The number of halogens is 2.